The van der Waals surface area contributed by atoms with E-state index in [9.17, 15) is 0 Å². The molecule has 0 saturated heterocycles. The van der Waals surface area contributed by atoms with Crippen LogP contribution < -0.4 is 20.7 Å². The molecule has 8 aromatic rings. The molecule has 1 heterocycles. The lowest BCUT2D eigenvalue weighted by molar-refractivity contribution is 1.18. The van der Waals surface area contributed by atoms with Crippen LogP contribution in [0.1, 0.15) is 0 Å². The summed E-state index contributed by atoms with van der Waals surface area (Å²) in [5, 5.41) is 8.05. The number of benzene rings is 7. The van der Waals surface area contributed by atoms with Crippen LogP contribution in [0, 0.1) is 0 Å². The van der Waals surface area contributed by atoms with Gasteiger partial charge in [-0.3, -0.25) is 0 Å². The molecule has 0 amide bonds. The molecule has 0 aliphatic rings. The molecule has 0 bridgehead atoms. The topological polar surface area (TPSA) is 4.93 Å². The van der Waals surface area contributed by atoms with Crippen LogP contribution in [0.3, 0.4) is 0 Å². The summed E-state index contributed by atoms with van der Waals surface area (Å²) < 4.78 is 2.45. The first kappa shape index (κ1) is 26.2. The van der Waals surface area contributed by atoms with E-state index >= 15 is 0 Å². The van der Waals surface area contributed by atoms with Gasteiger partial charge in [0, 0.05) is 16.3 Å². The van der Waals surface area contributed by atoms with Gasteiger partial charge >= 0.3 is 0 Å². The second kappa shape index (κ2) is 11.0. The summed E-state index contributed by atoms with van der Waals surface area (Å²) in [6.07, 6.45) is 0. The molecule has 0 atom stereocenters. The van der Waals surface area contributed by atoms with Crippen molar-refractivity contribution in [3.05, 3.63) is 188 Å². The predicted molar refractivity (Wildman–Crippen MR) is 190 cm³/mol. The zero-order valence-corrected chi connectivity index (χ0v) is 25.3. The van der Waals surface area contributed by atoms with Crippen LogP contribution in [0.15, 0.2) is 188 Å². The molecule has 0 saturated carbocycles. The highest BCUT2D eigenvalue weighted by Gasteiger charge is 2.43. The Morgan fingerprint density at radius 3 is 1.23 bits per heavy atom. The van der Waals surface area contributed by atoms with Crippen LogP contribution in [-0.4, -0.2) is 12.6 Å². The fourth-order valence-corrected chi connectivity index (χ4v) is 12.1. The van der Waals surface area contributed by atoms with Gasteiger partial charge in [0.15, 0.2) is 8.07 Å². The second-order valence-electron chi connectivity index (χ2n) is 11.3. The van der Waals surface area contributed by atoms with E-state index < -0.39 is 8.07 Å². The lowest BCUT2D eigenvalue weighted by Gasteiger charge is -2.36. The van der Waals surface area contributed by atoms with Crippen LogP contribution in [-0.2, 0) is 0 Å². The average molecular weight is 578 g/mol. The lowest BCUT2D eigenvalue weighted by atomic mass is 10.0. The smallest absolute Gasteiger partial charge is 0.180 e. The van der Waals surface area contributed by atoms with E-state index in [0.29, 0.717) is 0 Å². The summed E-state index contributed by atoms with van der Waals surface area (Å²) in [6.45, 7) is 0. The van der Waals surface area contributed by atoms with Crippen molar-refractivity contribution in [1.82, 2.24) is 4.57 Å². The molecule has 0 spiro atoms. The first-order valence-corrected chi connectivity index (χ1v) is 17.2. The van der Waals surface area contributed by atoms with Crippen molar-refractivity contribution >= 4 is 50.6 Å². The minimum absolute atomic E-state index is 1.19. The fraction of sp³-hybridized carbons (Fsp3) is 0. The number of rotatable bonds is 6. The number of hydrogen-bond donors (Lipinski definition) is 0. The summed E-state index contributed by atoms with van der Waals surface area (Å²) in [4.78, 5) is 0. The Balaban J connectivity index is 1.49. The van der Waals surface area contributed by atoms with Crippen molar-refractivity contribution in [2.45, 2.75) is 0 Å². The minimum Gasteiger partial charge on any atom is -0.309 e. The van der Waals surface area contributed by atoms with Gasteiger partial charge in [0.25, 0.3) is 0 Å². The zero-order chi connectivity index (χ0) is 29.3. The standard InChI is InChI=1S/C42H31NSi/c1-4-18-32(19-5-1)44(33-20-6-2-7-21-33,34-22-8-3-9-23-34)42-31-17-13-27-38(42)37-26-12-16-30-41(37)43-39-28-14-10-24-35(39)36-25-11-15-29-40(36)43/h1-31H. The molecule has 1 aromatic heterocycles. The van der Waals surface area contributed by atoms with E-state index in [1.165, 1.54) is 59.4 Å². The molecule has 44 heavy (non-hydrogen) atoms. The summed E-state index contributed by atoms with van der Waals surface area (Å²) >= 11 is 0. The molecule has 208 valence electrons. The van der Waals surface area contributed by atoms with E-state index in [4.69, 9.17) is 0 Å². The Bertz CT molecular complexity index is 2070. The summed E-state index contributed by atoms with van der Waals surface area (Å²) in [5.41, 5.74) is 6.13. The Morgan fingerprint density at radius 2 is 0.705 bits per heavy atom. The monoisotopic (exact) mass is 577 g/mol. The van der Waals surface area contributed by atoms with Gasteiger partial charge in [0.05, 0.1) is 16.7 Å². The van der Waals surface area contributed by atoms with E-state index in [1.807, 2.05) is 0 Å². The maximum Gasteiger partial charge on any atom is 0.180 e. The van der Waals surface area contributed by atoms with Gasteiger partial charge in [-0.2, -0.15) is 0 Å². The molecule has 1 nitrogen and oxygen atoms in total. The van der Waals surface area contributed by atoms with Gasteiger partial charge in [0.1, 0.15) is 0 Å². The maximum atomic E-state index is 2.45. The third-order valence-electron chi connectivity index (χ3n) is 8.97. The highest BCUT2D eigenvalue weighted by atomic mass is 28.3. The van der Waals surface area contributed by atoms with E-state index in [-0.39, 0.29) is 0 Å². The van der Waals surface area contributed by atoms with E-state index in [2.05, 4.69) is 193 Å². The van der Waals surface area contributed by atoms with Gasteiger partial charge in [-0.15, -0.1) is 0 Å². The third kappa shape index (κ3) is 4.07. The van der Waals surface area contributed by atoms with Crippen LogP contribution >= 0.6 is 0 Å². The maximum absolute atomic E-state index is 2.75. The third-order valence-corrected chi connectivity index (χ3v) is 13.8. The molecule has 0 radical (unpaired) electrons. The van der Waals surface area contributed by atoms with E-state index in [1.54, 1.807) is 0 Å². The fourth-order valence-electron chi connectivity index (χ4n) is 7.15. The first-order valence-electron chi connectivity index (χ1n) is 15.2. The molecule has 0 aliphatic carbocycles. The predicted octanol–water partition coefficient (Wildman–Crippen LogP) is 7.83. The van der Waals surface area contributed by atoms with Crippen LogP contribution in [0.5, 0.6) is 0 Å². The second-order valence-corrected chi connectivity index (χ2v) is 15.1. The highest BCUT2D eigenvalue weighted by Crippen LogP contribution is 2.36. The minimum atomic E-state index is -2.75. The summed E-state index contributed by atoms with van der Waals surface area (Å²) in [7, 11) is -2.75. The highest BCUT2D eigenvalue weighted by molar-refractivity contribution is 7.20. The molecule has 0 fully saturated rings. The van der Waals surface area contributed by atoms with Crippen LogP contribution in [0.25, 0.3) is 38.6 Å². The largest absolute Gasteiger partial charge is 0.309 e. The van der Waals surface area contributed by atoms with Crippen LogP contribution in [0.4, 0.5) is 0 Å². The normalized spacial score (nSPS) is 11.6. The SMILES string of the molecule is c1ccc([Si](c2ccccc2)(c2ccccc2)c2ccccc2-c2ccccc2-n2c3ccccc3c3ccccc32)cc1. The first-order chi connectivity index (χ1) is 21.9. The summed E-state index contributed by atoms with van der Waals surface area (Å²) in [5.74, 6) is 0. The quantitative estimate of drug-likeness (QED) is 0.140. The molecule has 7 aromatic carbocycles. The molecule has 0 aliphatic heterocycles. The number of fused-ring (bicyclic) bond motifs is 3. The van der Waals surface area contributed by atoms with Gasteiger partial charge < -0.3 is 4.57 Å². The number of nitrogens with zero attached hydrogens (tertiary/aromatic N) is 1. The van der Waals surface area contributed by atoms with Crippen molar-refractivity contribution in [1.29, 1.82) is 0 Å². The Labute approximate surface area is 259 Å². The molecule has 2 heteroatoms. The molecule has 8 rings (SSSR count). The van der Waals surface area contributed by atoms with Gasteiger partial charge in [-0.25, -0.2) is 0 Å². The Morgan fingerprint density at radius 1 is 0.318 bits per heavy atom. The van der Waals surface area contributed by atoms with Gasteiger partial charge in [-0.05, 0) is 44.5 Å². The van der Waals surface area contributed by atoms with Gasteiger partial charge in [0.2, 0.25) is 0 Å². The van der Waals surface area contributed by atoms with Crippen molar-refractivity contribution in [3.63, 3.8) is 0 Å². The van der Waals surface area contributed by atoms with Crippen molar-refractivity contribution in [2.24, 2.45) is 0 Å². The van der Waals surface area contributed by atoms with Crippen molar-refractivity contribution in [2.75, 3.05) is 0 Å². The number of aromatic nitrogens is 1. The molecular weight excluding hydrogens is 547 g/mol. The molecule has 0 N–H and O–H groups in total. The Kier molecular flexibility index (Phi) is 6.55. The Hall–Kier alpha value is -5.44. The summed E-state index contributed by atoms with van der Waals surface area (Å²) in [6, 6.07) is 69.1. The number of para-hydroxylation sites is 3. The van der Waals surface area contributed by atoms with Crippen LogP contribution in [0.2, 0.25) is 0 Å². The lowest BCUT2D eigenvalue weighted by Crippen LogP contribution is -2.75. The van der Waals surface area contributed by atoms with E-state index in [0.717, 1.165) is 0 Å². The molecular formula is C42H31NSi. The van der Waals surface area contributed by atoms with Gasteiger partial charge in [-0.1, -0.05) is 170 Å². The molecule has 0 unspecified atom stereocenters. The van der Waals surface area contributed by atoms with Crippen molar-refractivity contribution < 1.29 is 0 Å². The number of hydrogen-bond acceptors (Lipinski definition) is 0. The average Bonchev–Trinajstić information content (AvgIpc) is 3.45. The zero-order valence-electron chi connectivity index (χ0n) is 24.3. The van der Waals surface area contributed by atoms with Crippen molar-refractivity contribution in [3.8, 4) is 16.8 Å².